The molecular formula is C17H40N6O2. The molecule has 2 unspecified atom stereocenters. The van der Waals surface area contributed by atoms with Crippen molar-refractivity contribution in [1.82, 2.24) is 9.80 Å². The van der Waals surface area contributed by atoms with Crippen molar-refractivity contribution in [3.63, 3.8) is 0 Å². The van der Waals surface area contributed by atoms with E-state index >= 15 is 0 Å². The largest absolute Gasteiger partial charge is 0.379 e. The molecule has 0 radical (unpaired) electrons. The zero-order valence-corrected chi connectivity index (χ0v) is 15.8. The van der Waals surface area contributed by atoms with Crippen LogP contribution < -0.4 is 22.9 Å². The molecule has 1 saturated heterocycles. The first-order chi connectivity index (χ1) is 12.2. The molecule has 1 rings (SSSR count). The lowest BCUT2D eigenvalue weighted by molar-refractivity contribution is 0.0443. The van der Waals surface area contributed by atoms with Gasteiger partial charge in [-0.25, -0.2) is 0 Å². The van der Waals surface area contributed by atoms with Gasteiger partial charge in [0, 0.05) is 58.5 Å². The van der Waals surface area contributed by atoms with Crippen LogP contribution in [0.2, 0.25) is 0 Å². The van der Waals surface area contributed by atoms with Crippen molar-refractivity contribution in [3.05, 3.63) is 0 Å². The predicted molar refractivity (Wildman–Crippen MR) is 102 cm³/mol. The molecule has 0 saturated carbocycles. The Morgan fingerprint density at radius 3 is 2.08 bits per heavy atom. The molecule has 0 aromatic carbocycles. The average molecular weight is 361 g/mol. The Morgan fingerprint density at radius 2 is 1.44 bits per heavy atom. The number of hydrogen-bond acceptors (Lipinski definition) is 8. The van der Waals surface area contributed by atoms with Gasteiger partial charge in [0.05, 0.1) is 19.4 Å². The minimum Gasteiger partial charge on any atom is -0.379 e. The molecule has 0 bridgehead atoms. The van der Waals surface area contributed by atoms with Crippen LogP contribution in [0, 0.1) is 0 Å². The number of nitrogens with two attached hydrogens (primary N) is 4. The molecule has 0 amide bonds. The van der Waals surface area contributed by atoms with Gasteiger partial charge in [-0.2, -0.15) is 0 Å². The Balaban J connectivity index is 1.97. The van der Waals surface area contributed by atoms with Gasteiger partial charge in [0.2, 0.25) is 0 Å². The molecule has 1 aliphatic heterocycles. The average Bonchev–Trinajstić information content (AvgIpc) is 2.63. The third kappa shape index (κ3) is 11.1. The van der Waals surface area contributed by atoms with Crippen molar-refractivity contribution >= 4 is 0 Å². The molecule has 150 valence electrons. The van der Waals surface area contributed by atoms with Gasteiger partial charge in [-0.1, -0.05) is 0 Å². The lowest BCUT2D eigenvalue weighted by Gasteiger charge is -2.38. The second kappa shape index (κ2) is 14.8. The Bertz CT molecular complexity index is 303. The first-order valence-electron chi connectivity index (χ1n) is 9.70. The van der Waals surface area contributed by atoms with E-state index in [9.17, 15) is 0 Å². The fourth-order valence-corrected chi connectivity index (χ4v) is 2.95. The Morgan fingerprint density at radius 1 is 0.760 bits per heavy atom. The quantitative estimate of drug-likeness (QED) is 0.266. The van der Waals surface area contributed by atoms with Crippen molar-refractivity contribution < 1.29 is 9.47 Å². The summed E-state index contributed by atoms with van der Waals surface area (Å²) in [6, 6.07) is 0.141. The van der Waals surface area contributed by atoms with Crippen LogP contribution in [0.4, 0.5) is 0 Å². The lowest BCUT2D eigenvalue weighted by atomic mass is 10.1. The Hall–Kier alpha value is -0.320. The molecule has 8 nitrogen and oxygen atoms in total. The summed E-state index contributed by atoms with van der Waals surface area (Å²) in [5.41, 5.74) is 23.5. The molecule has 25 heavy (non-hydrogen) atoms. The topological polar surface area (TPSA) is 129 Å². The maximum Gasteiger partial charge on any atom is 0.0700 e. The zero-order valence-electron chi connectivity index (χ0n) is 15.8. The standard InChI is InChI=1S/C17H40N6O2/c18-5-1-12-24-14-15-25-13-4-16(20)2-3-17(21)23-10-8-22(7-6-19)9-11-23/h16-17H,1-15,18-21H2. The molecule has 0 aromatic heterocycles. The number of hydrogen-bond donors (Lipinski definition) is 4. The van der Waals surface area contributed by atoms with Crippen LogP contribution in [0.15, 0.2) is 0 Å². The second-order valence-corrected chi connectivity index (χ2v) is 6.73. The van der Waals surface area contributed by atoms with E-state index in [0.29, 0.717) is 33.0 Å². The van der Waals surface area contributed by atoms with Crippen LogP contribution >= 0.6 is 0 Å². The Kier molecular flexibility index (Phi) is 13.5. The van der Waals surface area contributed by atoms with Crippen LogP contribution in [-0.4, -0.2) is 94.2 Å². The highest BCUT2D eigenvalue weighted by atomic mass is 16.5. The summed E-state index contributed by atoms with van der Waals surface area (Å²) < 4.78 is 10.9. The van der Waals surface area contributed by atoms with Gasteiger partial charge >= 0.3 is 0 Å². The van der Waals surface area contributed by atoms with E-state index in [1.54, 1.807) is 0 Å². The van der Waals surface area contributed by atoms with Crippen molar-refractivity contribution in [2.45, 2.75) is 37.9 Å². The third-order valence-corrected chi connectivity index (χ3v) is 4.65. The van der Waals surface area contributed by atoms with E-state index < -0.39 is 0 Å². The highest BCUT2D eigenvalue weighted by molar-refractivity contribution is 4.77. The van der Waals surface area contributed by atoms with Crippen LogP contribution in [0.25, 0.3) is 0 Å². The van der Waals surface area contributed by atoms with Gasteiger partial charge in [-0.15, -0.1) is 0 Å². The molecule has 2 atom stereocenters. The summed E-state index contributed by atoms with van der Waals surface area (Å²) in [4.78, 5) is 4.75. The van der Waals surface area contributed by atoms with E-state index in [4.69, 9.17) is 32.4 Å². The van der Waals surface area contributed by atoms with Gasteiger partial charge < -0.3 is 32.4 Å². The molecular weight excluding hydrogens is 320 g/mol. The first-order valence-corrected chi connectivity index (χ1v) is 9.70. The molecule has 1 heterocycles. The maximum atomic E-state index is 6.32. The predicted octanol–water partition coefficient (Wildman–Crippen LogP) is -1.27. The SMILES string of the molecule is NCCCOCCOCCC(N)CCC(N)N1CCN(CCN)CC1. The van der Waals surface area contributed by atoms with Crippen molar-refractivity contribution in [1.29, 1.82) is 0 Å². The number of nitrogens with zero attached hydrogens (tertiary/aromatic N) is 2. The second-order valence-electron chi connectivity index (χ2n) is 6.73. The highest BCUT2D eigenvalue weighted by Gasteiger charge is 2.21. The lowest BCUT2D eigenvalue weighted by Crippen LogP contribution is -2.54. The number of piperazine rings is 1. The molecule has 0 spiro atoms. The molecule has 8 N–H and O–H groups in total. The fraction of sp³-hybridized carbons (Fsp3) is 1.00. The van der Waals surface area contributed by atoms with Crippen LogP contribution in [-0.2, 0) is 9.47 Å². The molecule has 0 aromatic rings. The summed E-state index contributed by atoms with van der Waals surface area (Å²) >= 11 is 0. The summed E-state index contributed by atoms with van der Waals surface area (Å²) in [5, 5.41) is 0. The number of ether oxygens (including phenoxy) is 2. The summed E-state index contributed by atoms with van der Waals surface area (Å²) in [7, 11) is 0. The van der Waals surface area contributed by atoms with E-state index in [1.165, 1.54) is 0 Å². The normalized spacial score (nSPS) is 19.2. The summed E-state index contributed by atoms with van der Waals surface area (Å²) in [5.74, 6) is 0. The van der Waals surface area contributed by atoms with E-state index in [2.05, 4.69) is 9.80 Å². The maximum absolute atomic E-state index is 6.32. The molecule has 8 heteroatoms. The Labute approximate surface area is 153 Å². The van der Waals surface area contributed by atoms with Gasteiger partial charge in [-0.3, -0.25) is 9.80 Å². The van der Waals surface area contributed by atoms with Gasteiger partial charge in [0.25, 0.3) is 0 Å². The van der Waals surface area contributed by atoms with Gasteiger partial charge in [0.1, 0.15) is 0 Å². The summed E-state index contributed by atoms with van der Waals surface area (Å²) in [6.45, 7) is 9.13. The van der Waals surface area contributed by atoms with E-state index in [1.807, 2.05) is 0 Å². The van der Waals surface area contributed by atoms with Gasteiger partial charge in [-0.05, 0) is 32.2 Å². The third-order valence-electron chi connectivity index (χ3n) is 4.65. The highest BCUT2D eigenvalue weighted by Crippen LogP contribution is 2.09. The zero-order chi connectivity index (χ0) is 18.3. The first kappa shape index (κ1) is 22.7. The smallest absolute Gasteiger partial charge is 0.0700 e. The fourth-order valence-electron chi connectivity index (χ4n) is 2.95. The van der Waals surface area contributed by atoms with Crippen molar-refractivity contribution in [2.75, 3.05) is 72.2 Å². The minimum absolute atomic E-state index is 0.0999. The van der Waals surface area contributed by atoms with Crippen molar-refractivity contribution in [2.24, 2.45) is 22.9 Å². The van der Waals surface area contributed by atoms with E-state index in [0.717, 1.165) is 65.0 Å². The monoisotopic (exact) mass is 360 g/mol. The van der Waals surface area contributed by atoms with Crippen LogP contribution in [0.3, 0.4) is 0 Å². The van der Waals surface area contributed by atoms with Crippen LogP contribution in [0.1, 0.15) is 25.7 Å². The molecule has 1 fully saturated rings. The van der Waals surface area contributed by atoms with Gasteiger partial charge in [0.15, 0.2) is 0 Å². The summed E-state index contributed by atoms with van der Waals surface area (Å²) in [6.07, 6.45) is 3.72. The molecule has 1 aliphatic rings. The van der Waals surface area contributed by atoms with Crippen LogP contribution in [0.5, 0.6) is 0 Å². The minimum atomic E-state index is 0.0999. The number of rotatable bonds is 15. The molecule has 0 aliphatic carbocycles. The van der Waals surface area contributed by atoms with E-state index in [-0.39, 0.29) is 12.2 Å². The van der Waals surface area contributed by atoms with Crippen molar-refractivity contribution in [3.8, 4) is 0 Å².